The molecule has 0 fully saturated rings. The van der Waals surface area contributed by atoms with Crippen molar-refractivity contribution in [1.29, 1.82) is 0 Å². The lowest BCUT2D eigenvalue weighted by Crippen LogP contribution is -2.49. The summed E-state index contributed by atoms with van der Waals surface area (Å²) in [6, 6.07) is 12.5. The van der Waals surface area contributed by atoms with Crippen molar-refractivity contribution in [3.05, 3.63) is 63.0 Å². The van der Waals surface area contributed by atoms with Gasteiger partial charge in [-0.05, 0) is 49.0 Å². The minimum absolute atomic E-state index is 0.0699. The van der Waals surface area contributed by atoms with Crippen LogP contribution in [0.2, 0.25) is 10.0 Å². The number of thiocarbonyl (C=S) groups is 1. The van der Waals surface area contributed by atoms with E-state index in [1.807, 2.05) is 31.2 Å². The summed E-state index contributed by atoms with van der Waals surface area (Å²) in [7, 11) is 0. The van der Waals surface area contributed by atoms with Gasteiger partial charge in [0.05, 0.1) is 5.02 Å². The number of aryl methyl sites for hydroxylation is 1. The average molecular weight is 468 g/mol. The van der Waals surface area contributed by atoms with Gasteiger partial charge in [-0.1, -0.05) is 41.4 Å². The predicted molar refractivity (Wildman–Crippen MR) is 120 cm³/mol. The number of thiophene rings is 1. The molecule has 0 aliphatic heterocycles. The zero-order valence-electron chi connectivity index (χ0n) is 15.0. The molecule has 1 heterocycles. The Balaban J connectivity index is 1.49. The van der Waals surface area contributed by atoms with Crippen LogP contribution in [0, 0.1) is 6.92 Å². The second kappa shape index (κ2) is 9.41. The number of carbonyl (C=O) groups is 2. The van der Waals surface area contributed by atoms with Crippen LogP contribution in [0.5, 0.6) is 5.75 Å². The standard InChI is InChI=1S/C19H15Cl2N3O3S2/c1-10-8-11(20)6-7-13(10)27-9-15(25)23-24-19(28)22-18(26)17-16(21)12-4-2-3-5-14(12)29-17/h2-8H,9H2,1H3,(H,23,25)(H2,22,24,26,28). The van der Waals surface area contributed by atoms with E-state index in [0.717, 1.165) is 15.6 Å². The van der Waals surface area contributed by atoms with Crippen molar-refractivity contribution in [2.45, 2.75) is 6.92 Å². The highest BCUT2D eigenvalue weighted by molar-refractivity contribution is 7.80. The molecule has 1 aromatic heterocycles. The Morgan fingerprint density at radius 2 is 1.90 bits per heavy atom. The van der Waals surface area contributed by atoms with Crippen LogP contribution in [0.15, 0.2) is 42.5 Å². The van der Waals surface area contributed by atoms with Crippen LogP contribution in [0.25, 0.3) is 10.1 Å². The van der Waals surface area contributed by atoms with E-state index in [0.29, 0.717) is 20.7 Å². The molecule has 0 atom stereocenters. The fraction of sp³-hybridized carbons (Fsp3) is 0.105. The third kappa shape index (κ3) is 5.36. The Morgan fingerprint density at radius 1 is 1.14 bits per heavy atom. The number of hydrogen-bond acceptors (Lipinski definition) is 5. The van der Waals surface area contributed by atoms with E-state index in [2.05, 4.69) is 16.2 Å². The van der Waals surface area contributed by atoms with Crippen LogP contribution >= 0.6 is 46.8 Å². The molecule has 0 aliphatic rings. The third-order valence-corrected chi connectivity index (χ3v) is 5.89. The first-order chi connectivity index (χ1) is 13.8. The summed E-state index contributed by atoms with van der Waals surface area (Å²) >= 11 is 18.4. The Morgan fingerprint density at radius 3 is 2.62 bits per heavy atom. The quantitative estimate of drug-likeness (QED) is 0.395. The Kier molecular flexibility index (Phi) is 6.92. The summed E-state index contributed by atoms with van der Waals surface area (Å²) < 4.78 is 6.32. The topological polar surface area (TPSA) is 79.5 Å². The van der Waals surface area contributed by atoms with Crippen molar-refractivity contribution in [3.63, 3.8) is 0 Å². The maximum absolute atomic E-state index is 12.4. The fourth-order valence-corrected chi connectivity index (χ4v) is 4.21. The molecule has 0 saturated heterocycles. The maximum atomic E-state index is 12.4. The summed E-state index contributed by atoms with van der Waals surface area (Å²) in [5, 5.41) is 4.15. The molecule has 2 aromatic carbocycles. The second-order valence-corrected chi connectivity index (χ2v) is 8.17. The summed E-state index contributed by atoms with van der Waals surface area (Å²) in [6.07, 6.45) is 0. The van der Waals surface area contributed by atoms with E-state index in [4.69, 9.17) is 40.2 Å². The molecule has 29 heavy (non-hydrogen) atoms. The van der Waals surface area contributed by atoms with E-state index >= 15 is 0 Å². The summed E-state index contributed by atoms with van der Waals surface area (Å²) in [6.45, 7) is 1.58. The molecule has 3 aromatic rings. The molecule has 3 N–H and O–H groups in total. The number of ether oxygens (including phenoxy) is 1. The third-order valence-electron chi connectivity index (χ3n) is 3.78. The van der Waals surface area contributed by atoms with Gasteiger partial charge in [-0.25, -0.2) is 0 Å². The Hall–Kier alpha value is -2.39. The van der Waals surface area contributed by atoms with E-state index < -0.39 is 11.8 Å². The summed E-state index contributed by atoms with van der Waals surface area (Å²) in [5.41, 5.74) is 5.62. The van der Waals surface area contributed by atoms with Gasteiger partial charge in [-0.2, -0.15) is 0 Å². The zero-order valence-corrected chi connectivity index (χ0v) is 18.2. The first-order valence-corrected chi connectivity index (χ1v) is 10.3. The molecule has 0 saturated carbocycles. The fourth-order valence-electron chi connectivity index (χ4n) is 2.43. The van der Waals surface area contributed by atoms with Crippen molar-refractivity contribution < 1.29 is 14.3 Å². The van der Waals surface area contributed by atoms with Crippen molar-refractivity contribution in [1.82, 2.24) is 16.2 Å². The molecule has 0 radical (unpaired) electrons. The van der Waals surface area contributed by atoms with E-state index in [1.165, 1.54) is 11.3 Å². The SMILES string of the molecule is Cc1cc(Cl)ccc1OCC(=O)NNC(=S)NC(=O)c1sc2ccccc2c1Cl. The van der Waals surface area contributed by atoms with Crippen LogP contribution in [0.4, 0.5) is 0 Å². The molecule has 10 heteroatoms. The Labute approximate surface area is 186 Å². The van der Waals surface area contributed by atoms with Crippen molar-refractivity contribution in [3.8, 4) is 5.75 Å². The second-order valence-electron chi connectivity index (χ2n) is 5.90. The van der Waals surface area contributed by atoms with Gasteiger partial charge in [0.15, 0.2) is 11.7 Å². The van der Waals surface area contributed by atoms with Gasteiger partial charge in [0.2, 0.25) is 0 Å². The Bertz CT molecular complexity index is 1100. The number of nitrogens with one attached hydrogen (secondary N) is 3. The number of carbonyl (C=O) groups excluding carboxylic acids is 2. The van der Waals surface area contributed by atoms with Gasteiger partial charge < -0.3 is 4.74 Å². The summed E-state index contributed by atoms with van der Waals surface area (Å²) in [4.78, 5) is 24.7. The lowest BCUT2D eigenvalue weighted by atomic mass is 10.2. The van der Waals surface area contributed by atoms with Gasteiger partial charge in [-0.15, -0.1) is 11.3 Å². The monoisotopic (exact) mass is 467 g/mol. The number of fused-ring (bicyclic) bond motifs is 1. The van der Waals surface area contributed by atoms with E-state index in [1.54, 1.807) is 18.2 Å². The van der Waals surface area contributed by atoms with Crippen molar-refractivity contribution in [2.24, 2.45) is 0 Å². The first kappa shape index (κ1) is 21.3. The van der Waals surface area contributed by atoms with Crippen molar-refractivity contribution >= 4 is 73.8 Å². The normalized spacial score (nSPS) is 10.4. The molecule has 0 bridgehead atoms. The van der Waals surface area contributed by atoms with Crippen LogP contribution in [0.1, 0.15) is 15.2 Å². The highest BCUT2D eigenvalue weighted by Crippen LogP contribution is 2.34. The molecular formula is C19H15Cl2N3O3S2. The molecule has 0 spiro atoms. The first-order valence-electron chi connectivity index (χ1n) is 8.31. The average Bonchev–Trinajstić information content (AvgIpc) is 3.03. The minimum Gasteiger partial charge on any atom is -0.483 e. The molecule has 150 valence electrons. The van der Waals surface area contributed by atoms with E-state index in [9.17, 15) is 9.59 Å². The highest BCUT2D eigenvalue weighted by Gasteiger charge is 2.18. The largest absolute Gasteiger partial charge is 0.483 e. The smallest absolute Gasteiger partial charge is 0.276 e. The van der Waals surface area contributed by atoms with Crippen LogP contribution in [-0.4, -0.2) is 23.5 Å². The van der Waals surface area contributed by atoms with Gasteiger partial charge in [-0.3, -0.25) is 25.8 Å². The number of amides is 2. The van der Waals surface area contributed by atoms with Gasteiger partial charge in [0.1, 0.15) is 10.6 Å². The maximum Gasteiger partial charge on any atom is 0.276 e. The van der Waals surface area contributed by atoms with Crippen LogP contribution in [0.3, 0.4) is 0 Å². The lowest BCUT2D eigenvalue weighted by Gasteiger charge is -2.12. The number of benzene rings is 2. The molecule has 3 rings (SSSR count). The number of hydrogen-bond donors (Lipinski definition) is 3. The van der Waals surface area contributed by atoms with Gasteiger partial charge in [0, 0.05) is 15.1 Å². The molecular weight excluding hydrogens is 453 g/mol. The highest BCUT2D eigenvalue weighted by atomic mass is 35.5. The number of rotatable bonds is 4. The molecule has 6 nitrogen and oxygen atoms in total. The van der Waals surface area contributed by atoms with Gasteiger partial charge >= 0.3 is 0 Å². The summed E-state index contributed by atoms with van der Waals surface area (Å²) in [5.74, 6) is -0.397. The van der Waals surface area contributed by atoms with Crippen LogP contribution < -0.4 is 20.9 Å². The van der Waals surface area contributed by atoms with Gasteiger partial charge in [0.25, 0.3) is 11.8 Å². The molecule has 0 aliphatic carbocycles. The number of halogens is 2. The lowest BCUT2D eigenvalue weighted by molar-refractivity contribution is -0.123. The van der Waals surface area contributed by atoms with Crippen molar-refractivity contribution in [2.75, 3.05) is 6.61 Å². The zero-order chi connectivity index (χ0) is 21.0. The predicted octanol–water partition coefficient (Wildman–Crippen LogP) is 4.23. The van der Waals surface area contributed by atoms with Crippen LogP contribution in [-0.2, 0) is 4.79 Å². The number of hydrazine groups is 1. The molecule has 2 amide bonds. The minimum atomic E-state index is -0.476. The molecule has 0 unspecified atom stereocenters. The van der Waals surface area contributed by atoms with E-state index in [-0.39, 0.29) is 11.7 Å².